The quantitative estimate of drug-likeness (QED) is 0.441. The monoisotopic (exact) mass is 430 g/mol. The number of aliphatic carboxylic acids is 1. The van der Waals surface area contributed by atoms with E-state index in [9.17, 15) is 9.90 Å². The van der Waals surface area contributed by atoms with Crippen LogP contribution in [0.4, 0.5) is 11.4 Å². The normalized spacial score (nSPS) is 13.9. The Morgan fingerprint density at radius 1 is 1.03 bits per heavy atom. The van der Waals surface area contributed by atoms with E-state index in [1.54, 1.807) is 0 Å². The zero-order valence-corrected chi connectivity index (χ0v) is 18.7. The van der Waals surface area contributed by atoms with Gasteiger partial charge in [0.25, 0.3) is 0 Å². The van der Waals surface area contributed by atoms with Crippen LogP contribution >= 0.6 is 0 Å². The number of hydrogen-bond acceptors (Lipinski definition) is 4. The van der Waals surface area contributed by atoms with E-state index >= 15 is 0 Å². The Bertz CT molecular complexity index is 1080. The first-order chi connectivity index (χ1) is 15.5. The molecule has 4 rings (SSSR count). The Labute approximate surface area is 189 Å². The van der Waals surface area contributed by atoms with Gasteiger partial charge in [-0.15, -0.1) is 0 Å². The van der Waals surface area contributed by atoms with Gasteiger partial charge < -0.3 is 20.5 Å². The van der Waals surface area contributed by atoms with Gasteiger partial charge in [-0.25, -0.2) is 4.79 Å². The van der Waals surface area contributed by atoms with Gasteiger partial charge in [-0.3, -0.25) is 0 Å². The minimum atomic E-state index is -1.05. The second-order valence-electron chi connectivity index (χ2n) is 8.44. The lowest BCUT2D eigenvalue weighted by atomic mass is 9.95. The first-order valence-electron chi connectivity index (χ1n) is 11.1. The Morgan fingerprint density at radius 2 is 1.78 bits per heavy atom. The third-order valence-electron chi connectivity index (χ3n) is 5.99. The lowest BCUT2D eigenvalue weighted by Crippen LogP contribution is -2.47. The molecule has 0 atom stereocenters. The fourth-order valence-corrected chi connectivity index (χ4v) is 4.42. The molecule has 32 heavy (non-hydrogen) atoms. The molecule has 0 spiro atoms. The fourth-order valence-electron chi connectivity index (χ4n) is 4.42. The summed E-state index contributed by atoms with van der Waals surface area (Å²) in [5.41, 5.74) is 5.28. The Kier molecular flexibility index (Phi) is 6.35. The number of rotatable bonds is 9. The van der Waals surface area contributed by atoms with Crippen LogP contribution in [-0.4, -0.2) is 29.8 Å². The highest BCUT2D eigenvalue weighted by molar-refractivity contribution is 5.85. The summed E-state index contributed by atoms with van der Waals surface area (Å²) in [5, 5.41) is 16.9. The first kappa shape index (κ1) is 21.8. The average molecular weight is 431 g/mol. The van der Waals surface area contributed by atoms with Crippen LogP contribution in [0.5, 0.6) is 5.75 Å². The van der Waals surface area contributed by atoms with Crippen molar-refractivity contribution in [2.24, 2.45) is 0 Å². The molecule has 1 aliphatic carbocycles. The van der Waals surface area contributed by atoms with Crippen molar-refractivity contribution in [3.8, 4) is 5.75 Å². The number of anilines is 2. The molecule has 0 aliphatic heterocycles. The van der Waals surface area contributed by atoms with Gasteiger partial charge in [0.05, 0.1) is 12.3 Å². The maximum atomic E-state index is 12.3. The van der Waals surface area contributed by atoms with Crippen molar-refractivity contribution in [2.45, 2.75) is 38.6 Å². The highest BCUT2D eigenvalue weighted by Gasteiger charge is 2.44. The maximum absolute atomic E-state index is 12.3. The number of aryl methyl sites for hydroxylation is 1. The largest absolute Gasteiger partial charge is 0.492 e. The van der Waals surface area contributed by atoms with E-state index in [-0.39, 0.29) is 0 Å². The summed E-state index contributed by atoms with van der Waals surface area (Å²) in [6, 6.07) is 22.2. The van der Waals surface area contributed by atoms with Crippen LogP contribution in [0.15, 0.2) is 66.7 Å². The molecular formula is C27H30N2O3. The fraction of sp³-hybridized carbons (Fsp3) is 0.296. The highest BCUT2D eigenvalue weighted by atomic mass is 16.5. The van der Waals surface area contributed by atoms with Crippen LogP contribution in [0.1, 0.15) is 29.2 Å². The van der Waals surface area contributed by atoms with Crippen molar-refractivity contribution in [2.75, 3.05) is 23.8 Å². The zero-order valence-electron chi connectivity index (χ0n) is 18.7. The van der Waals surface area contributed by atoms with Gasteiger partial charge in [-0.2, -0.15) is 0 Å². The van der Waals surface area contributed by atoms with Crippen LogP contribution < -0.4 is 15.4 Å². The predicted octanol–water partition coefficient (Wildman–Crippen LogP) is 5.08. The Balaban J connectivity index is 1.52. The Morgan fingerprint density at radius 3 is 2.44 bits per heavy atom. The minimum Gasteiger partial charge on any atom is -0.492 e. The average Bonchev–Trinajstić information content (AvgIpc) is 3.15. The van der Waals surface area contributed by atoms with Crippen molar-refractivity contribution in [3.05, 3.63) is 89.0 Å². The molecule has 5 nitrogen and oxygen atoms in total. The van der Waals surface area contributed by atoms with Gasteiger partial charge in [-0.1, -0.05) is 54.1 Å². The van der Waals surface area contributed by atoms with Crippen LogP contribution in [0.2, 0.25) is 0 Å². The van der Waals surface area contributed by atoms with Crippen LogP contribution in [-0.2, 0) is 24.1 Å². The van der Waals surface area contributed by atoms with Gasteiger partial charge in [0.15, 0.2) is 0 Å². The molecule has 3 aromatic rings. The molecule has 0 heterocycles. The molecular weight excluding hydrogens is 400 g/mol. The van der Waals surface area contributed by atoms with Gasteiger partial charge in [0, 0.05) is 25.1 Å². The van der Waals surface area contributed by atoms with Crippen LogP contribution in [0.25, 0.3) is 0 Å². The third-order valence-corrected chi connectivity index (χ3v) is 5.99. The standard InChI is InChI=1S/C27H30N2O3/c1-3-32-25-12-11-23(16-24(25)28-14-13-20-8-6-7-19(2)15-20)29-27(26(30)31)17-21-9-4-5-10-22(21)18-27/h4-12,15-16,28-29H,3,13-14,17-18H2,1-2H3,(H,30,31). The van der Waals surface area contributed by atoms with Crippen molar-refractivity contribution < 1.29 is 14.6 Å². The molecule has 0 aromatic heterocycles. The molecule has 0 radical (unpaired) electrons. The number of carboxylic acids is 1. The van der Waals surface area contributed by atoms with Crippen LogP contribution in [0, 0.1) is 6.92 Å². The van der Waals surface area contributed by atoms with Gasteiger partial charge >= 0.3 is 5.97 Å². The van der Waals surface area contributed by atoms with E-state index in [2.05, 4.69) is 41.8 Å². The number of nitrogens with one attached hydrogen (secondary N) is 2. The molecule has 0 bridgehead atoms. The topological polar surface area (TPSA) is 70.6 Å². The van der Waals surface area contributed by atoms with Gasteiger partial charge in [0.1, 0.15) is 11.3 Å². The summed E-state index contributed by atoms with van der Waals surface area (Å²) in [7, 11) is 0. The van der Waals surface area contributed by atoms with E-state index in [1.165, 1.54) is 11.1 Å². The molecule has 3 N–H and O–H groups in total. The number of hydrogen-bond donors (Lipinski definition) is 3. The molecule has 5 heteroatoms. The molecule has 166 valence electrons. The smallest absolute Gasteiger partial charge is 0.330 e. The number of carbonyl (C=O) groups is 1. The molecule has 0 saturated heterocycles. The Hall–Kier alpha value is -3.47. The summed E-state index contributed by atoms with van der Waals surface area (Å²) < 4.78 is 5.80. The first-order valence-corrected chi connectivity index (χ1v) is 11.1. The van der Waals surface area contributed by atoms with Crippen molar-refractivity contribution in [3.63, 3.8) is 0 Å². The van der Waals surface area contributed by atoms with Crippen molar-refractivity contribution >= 4 is 17.3 Å². The second kappa shape index (κ2) is 9.35. The van der Waals surface area contributed by atoms with E-state index in [0.717, 1.165) is 41.2 Å². The second-order valence-corrected chi connectivity index (χ2v) is 8.44. The minimum absolute atomic E-state index is 0.460. The zero-order chi connectivity index (χ0) is 22.6. The lowest BCUT2D eigenvalue weighted by molar-refractivity contribution is -0.142. The van der Waals surface area contributed by atoms with E-state index in [0.29, 0.717) is 19.4 Å². The van der Waals surface area contributed by atoms with E-state index < -0.39 is 11.5 Å². The summed E-state index contributed by atoms with van der Waals surface area (Å²) in [6.45, 7) is 5.37. The SMILES string of the molecule is CCOc1ccc(NC2(C(=O)O)Cc3ccccc3C2)cc1NCCc1cccc(C)c1. The van der Waals surface area contributed by atoms with E-state index in [4.69, 9.17) is 4.74 Å². The van der Waals surface area contributed by atoms with Gasteiger partial charge in [0.2, 0.25) is 0 Å². The molecule has 0 fully saturated rings. The summed E-state index contributed by atoms with van der Waals surface area (Å²) >= 11 is 0. The number of carboxylic acid groups (broad SMARTS) is 1. The van der Waals surface area contributed by atoms with Crippen molar-refractivity contribution in [1.29, 1.82) is 0 Å². The molecule has 1 aliphatic rings. The molecule has 3 aromatic carbocycles. The summed E-state index contributed by atoms with van der Waals surface area (Å²) in [6.07, 6.45) is 1.81. The summed E-state index contributed by atoms with van der Waals surface area (Å²) in [4.78, 5) is 12.3. The molecule has 0 unspecified atom stereocenters. The summed E-state index contributed by atoms with van der Waals surface area (Å²) in [5.74, 6) is -0.0714. The van der Waals surface area contributed by atoms with Gasteiger partial charge in [-0.05, 0) is 55.2 Å². The van der Waals surface area contributed by atoms with E-state index in [1.807, 2.05) is 49.4 Å². The highest BCUT2D eigenvalue weighted by Crippen LogP contribution is 2.35. The van der Waals surface area contributed by atoms with Crippen molar-refractivity contribution in [1.82, 2.24) is 0 Å². The molecule has 0 amide bonds. The lowest BCUT2D eigenvalue weighted by Gasteiger charge is -2.27. The predicted molar refractivity (Wildman–Crippen MR) is 129 cm³/mol. The third kappa shape index (κ3) is 4.72. The molecule has 0 saturated carbocycles. The number of ether oxygens (including phenoxy) is 1. The number of fused-ring (bicyclic) bond motifs is 1. The van der Waals surface area contributed by atoms with Crippen LogP contribution in [0.3, 0.4) is 0 Å². The maximum Gasteiger partial charge on any atom is 0.330 e. The number of benzene rings is 3.